The smallest absolute Gasteiger partial charge is 0.395 e. The van der Waals surface area contributed by atoms with Gasteiger partial charge in [-0.25, -0.2) is 0 Å². The van der Waals surface area contributed by atoms with E-state index in [2.05, 4.69) is 10.6 Å². The molecule has 7 heteroatoms. The summed E-state index contributed by atoms with van der Waals surface area (Å²) in [6, 6.07) is 3.13. The summed E-state index contributed by atoms with van der Waals surface area (Å²) >= 11 is 0. The average molecular weight is 253 g/mol. The number of carbonyl (C=O) groups excluding carboxylic acids is 1. The molecule has 1 fully saturated rings. The van der Waals surface area contributed by atoms with Crippen molar-refractivity contribution in [2.24, 2.45) is 0 Å². The molecule has 2 rings (SSSR count). The Morgan fingerprint density at radius 3 is 2.83 bits per heavy atom. The van der Waals surface area contributed by atoms with Crippen molar-refractivity contribution in [3.05, 3.63) is 28.0 Å². The Labute approximate surface area is 104 Å². The van der Waals surface area contributed by atoms with E-state index >= 15 is 0 Å². The van der Waals surface area contributed by atoms with Crippen LogP contribution in [0.25, 0.3) is 0 Å². The van der Waals surface area contributed by atoms with Crippen molar-refractivity contribution in [1.82, 2.24) is 10.6 Å². The first-order valence-corrected chi connectivity index (χ1v) is 5.92. The maximum absolute atomic E-state index is 11.5. The number of nitro groups is 1. The first kappa shape index (κ1) is 12.6. The Morgan fingerprint density at radius 1 is 1.44 bits per heavy atom. The molecule has 18 heavy (non-hydrogen) atoms. The molecule has 1 aliphatic rings. The lowest BCUT2D eigenvalue weighted by Gasteiger charge is -2.03. The van der Waals surface area contributed by atoms with Gasteiger partial charge in [0.1, 0.15) is 4.92 Å². The van der Waals surface area contributed by atoms with Crippen molar-refractivity contribution in [3.8, 4) is 0 Å². The van der Waals surface area contributed by atoms with Gasteiger partial charge in [-0.2, -0.15) is 0 Å². The van der Waals surface area contributed by atoms with Crippen LogP contribution in [0.4, 0.5) is 5.88 Å². The van der Waals surface area contributed by atoms with Crippen LogP contribution < -0.4 is 10.6 Å². The number of rotatable bonds is 7. The summed E-state index contributed by atoms with van der Waals surface area (Å²) in [4.78, 5) is 21.2. The quantitative estimate of drug-likeness (QED) is 0.430. The van der Waals surface area contributed by atoms with Crippen LogP contribution in [-0.2, 0) is 0 Å². The summed E-state index contributed by atoms with van der Waals surface area (Å²) in [7, 11) is 0. The molecule has 0 atom stereocenters. The number of nitrogens with one attached hydrogen (secondary N) is 2. The summed E-state index contributed by atoms with van der Waals surface area (Å²) in [5, 5.41) is 16.4. The van der Waals surface area contributed by atoms with Crippen molar-refractivity contribution in [3.63, 3.8) is 0 Å². The van der Waals surface area contributed by atoms with Gasteiger partial charge >= 0.3 is 5.88 Å². The van der Waals surface area contributed by atoms with Crippen LogP contribution in [0.3, 0.4) is 0 Å². The molecule has 1 saturated carbocycles. The van der Waals surface area contributed by atoms with E-state index in [0.717, 1.165) is 13.0 Å². The van der Waals surface area contributed by atoms with E-state index in [9.17, 15) is 14.9 Å². The normalized spacial score (nSPS) is 14.4. The zero-order valence-corrected chi connectivity index (χ0v) is 9.85. The molecule has 1 aromatic heterocycles. The topological polar surface area (TPSA) is 97.4 Å². The molecule has 7 nitrogen and oxygen atoms in total. The number of amides is 1. The van der Waals surface area contributed by atoms with Crippen LogP contribution in [0.15, 0.2) is 16.5 Å². The monoisotopic (exact) mass is 253 g/mol. The Balaban J connectivity index is 1.67. The summed E-state index contributed by atoms with van der Waals surface area (Å²) in [5.74, 6) is -0.873. The van der Waals surface area contributed by atoms with E-state index in [1.807, 2.05) is 0 Å². The predicted molar refractivity (Wildman–Crippen MR) is 63.3 cm³/mol. The number of carbonyl (C=O) groups is 1. The molecular formula is C11H15N3O4. The first-order valence-electron chi connectivity index (χ1n) is 5.92. The van der Waals surface area contributed by atoms with Crippen molar-refractivity contribution in [2.45, 2.75) is 25.3 Å². The molecule has 98 valence electrons. The molecule has 0 aromatic carbocycles. The van der Waals surface area contributed by atoms with Crippen LogP contribution >= 0.6 is 0 Å². The second-order valence-electron chi connectivity index (χ2n) is 4.23. The molecule has 0 bridgehead atoms. The highest BCUT2D eigenvalue weighted by Gasteiger charge is 2.19. The predicted octanol–water partition coefficient (Wildman–Crippen LogP) is 1.06. The molecule has 0 aliphatic heterocycles. The van der Waals surface area contributed by atoms with E-state index < -0.39 is 16.7 Å². The number of hydrogen-bond donors (Lipinski definition) is 2. The Kier molecular flexibility index (Phi) is 3.93. The highest BCUT2D eigenvalue weighted by Crippen LogP contribution is 2.18. The van der Waals surface area contributed by atoms with Gasteiger partial charge in [0.15, 0.2) is 5.76 Å². The van der Waals surface area contributed by atoms with Gasteiger partial charge in [-0.15, -0.1) is 0 Å². The highest BCUT2D eigenvalue weighted by atomic mass is 16.6. The molecule has 0 radical (unpaired) electrons. The van der Waals surface area contributed by atoms with Gasteiger partial charge < -0.3 is 15.1 Å². The van der Waals surface area contributed by atoms with Gasteiger partial charge in [0, 0.05) is 12.6 Å². The highest BCUT2D eigenvalue weighted by molar-refractivity contribution is 5.91. The summed E-state index contributed by atoms with van der Waals surface area (Å²) in [6.07, 6.45) is 3.30. The molecule has 1 aliphatic carbocycles. The van der Waals surface area contributed by atoms with E-state index in [1.165, 1.54) is 25.0 Å². The second-order valence-corrected chi connectivity index (χ2v) is 4.23. The molecular weight excluding hydrogens is 238 g/mol. The summed E-state index contributed by atoms with van der Waals surface area (Å²) in [6.45, 7) is 1.39. The molecule has 0 spiro atoms. The summed E-state index contributed by atoms with van der Waals surface area (Å²) in [5.41, 5.74) is 0. The lowest BCUT2D eigenvalue weighted by Crippen LogP contribution is -2.27. The van der Waals surface area contributed by atoms with Gasteiger partial charge in [-0.3, -0.25) is 14.9 Å². The van der Waals surface area contributed by atoms with Gasteiger partial charge in [0.05, 0.1) is 6.07 Å². The van der Waals surface area contributed by atoms with Crippen LogP contribution in [0.5, 0.6) is 0 Å². The molecule has 1 aromatic rings. The Bertz CT molecular complexity index is 439. The number of furan rings is 1. The van der Waals surface area contributed by atoms with Crippen LogP contribution in [-0.4, -0.2) is 30.0 Å². The van der Waals surface area contributed by atoms with Crippen molar-refractivity contribution in [1.29, 1.82) is 0 Å². The van der Waals surface area contributed by atoms with E-state index in [1.54, 1.807) is 0 Å². The summed E-state index contributed by atoms with van der Waals surface area (Å²) < 4.78 is 4.79. The fraction of sp³-hybridized carbons (Fsp3) is 0.545. The van der Waals surface area contributed by atoms with Crippen molar-refractivity contribution >= 4 is 11.8 Å². The third-order valence-corrected chi connectivity index (χ3v) is 2.65. The van der Waals surface area contributed by atoms with Gasteiger partial charge in [0.2, 0.25) is 0 Å². The largest absolute Gasteiger partial charge is 0.433 e. The maximum Gasteiger partial charge on any atom is 0.433 e. The molecule has 0 unspecified atom stereocenters. The fourth-order valence-corrected chi connectivity index (χ4v) is 1.52. The molecule has 2 N–H and O–H groups in total. The minimum atomic E-state index is -0.670. The minimum absolute atomic E-state index is 0.0307. The standard InChI is InChI=1S/C11H15N3O4/c15-11(9-4-5-10(18-9)14(16)17)13-7-1-6-12-8-2-3-8/h4-5,8,12H,1-3,6-7H2,(H,13,15). The second kappa shape index (κ2) is 5.63. The third kappa shape index (κ3) is 3.56. The lowest BCUT2D eigenvalue weighted by atomic mass is 10.3. The van der Waals surface area contributed by atoms with E-state index in [0.29, 0.717) is 12.6 Å². The number of nitrogens with zero attached hydrogens (tertiary/aromatic N) is 1. The average Bonchev–Trinajstić information content (AvgIpc) is 3.02. The van der Waals surface area contributed by atoms with Gasteiger partial charge in [-0.05, 0) is 31.9 Å². The zero-order valence-electron chi connectivity index (χ0n) is 9.85. The Hall–Kier alpha value is -1.89. The molecule has 0 saturated heterocycles. The van der Waals surface area contributed by atoms with Gasteiger partial charge in [0.25, 0.3) is 5.91 Å². The minimum Gasteiger partial charge on any atom is -0.395 e. The van der Waals surface area contributed by atoms with Crippen LogP contribution in [0.1, 0.15) is 29.8 Å². The Morgan fingerprint density at radius 2 is 2.22 bits per heavy atom. The molecule has 1 amide bonds. The first-order chi connectivity index (χ1) is 8.66. The van der Waals surface area contributed by atoms with Crippen molar-refractivity contribution in [2.75, 3.05) is 13.1 Å². The fourth-order valence-electron chi connectivity index (χ4n) is 1.52. The maximum atomic E-state index is 11.5. The lowest BCUT2D eigenvalue weighted by molar-refractivity contribution is -0.402. The SMILES string of the molecule is O=C(NCCCNC1CC1)c1ccc([N+](=O)[O-])o1. The van der Waals surface area contributed by atoms with Crippen molar-refractivity contribution < 1.29 is 14.1 Å². The third-order valence-electron chi connectivity index (χ3n) is 2.65. The van der Waals surface area contributed by atoms with Crippen LogP contribution in [0.2, 0.25) is 0 Å². The number of hydrogen-bond acceptors (Lipinski definition) is 5. The molecule has 1 heterocycles. The zero-order chi connectivity index (χ0) is 13.0. The van der Waals surface area contributed by atoms with E-state index in [4.69, 9.17) is 4.42 Å². The van der Waals surface area contributed by atoms with Gasteiger partial charge in [-0.1, -0.05) is 0 Å². The van der Waals surface area contributed by atoms with E-state index in [-0.39, 0.29) is 5.76 Å². The van der Waals surface area contributed by atoms with Crippen LogP contribution in [0, 0.1) is 10.1 Å².